The zero-order valence-electron chi connectivity index (χ0n) is 16.1. The molecule has 3 aliphatic heterocycles. The Morgan fingerprint density at radius 1 is 1.15 bits per heavy atom. The highest BCUT2D eigenvalue weighted by atomic mass is 16.2. The van der Waals surface area contributed by atoms with Gasteiger partial charge in [0, 0.05) is 58.2 Å². The number of benzene rings is 1. The second kappa shape index (κ2) is 6.41. The first-order valence-corrected chi connectivity index (χ1v) is 10.1. The molecule has 1 N–H and O–H groups in total. The topological polar surface area (TPSA) is 38.8 Å². The predicted octanol–water partition coefficient (Wildman–Crippen LogP) is 2.42. The van der Waals surface area contributed by atoms with Crippen molar-refractivity contribution in [1.29, 1.82) is 0 Å². The molecule has 1 amide bonds. The van der Waals surface area contributed by atoms with E-state index in [0.717, 1.165) is 64.2 Å². The number of carbonyl (C=O) groups is 1. The fourth-order valence-electron chi connectivity index (χ4n) is 4.52. The Labute approximate surface area is 161 Å². The van der Waals surface area contributed by atoms with Crippen molar-refractivity contribution in [3.05, 3.63) is 53.4 Å². The number of rotatable bonds is 3. The minimum Gasteiger partial charge on any atom is -0.375 e. The molecule has 1 aliphatic carbocycles. The van der Waals surface area contributed by atoms with E-state index in [1.54, 1.807) is 0 Å². The van der Waals surface area contributed by atoms with Gasteiger partial charge in [0.1, 0.15) is 0 Å². The number of anilines is 1. The second-order valence-electron chi connectivity index (χ2n) is 8.56. The molecule has 3 heterocycles. The van der Waals surface area contributed by atoms with Crippen molar-refractivity contribution < 1.29 is 4.79 Å². The van der Waals surface area contributed by atoms with E-state index >= 15 is 0 Å². The van der Waals surface area contributed by atoms with Gasteiger partial charge in [-0.05, 0) is 42.5 Å². The van der Waals surface area contributed by atoms with Crippen LogP contribution in [0.3, 0.4) is 0 Å². The fourth-order valence-corrected chi connectivity index (χ4v) is 4.52. The standard InChI is InChI=1S/C22H28N4O/c1-24-8-2-3-19(16-24)26-11-9-25(10-12-26)15-17-4-5-18-14-22(6-7-22)21(27)23-20(18)13-17/h2-5,13,16H,6-12,14-15H2,1H3,(H,23,27). The average molecular weight is 364 g/mol. The average Bonchev–Trinajstić information content (AvgIpc) is 3.44. The molecule has 1 saturated heterocycles. The molecule has 27 heavy (non-hydrogen) atoms. The van der Waals surface area contributed by atoms with Crippen LogP contribution in [0.5, 0.6) is 0 Å². The number of likely N-dealkylation sites (N-methyl/N-ethyl adjacent to an activating group) is 1. The molecule has 4 aliphatic rings. The van der Waals surface area contributed by atoms with Crippen molar-refractivity contribution in [2.24, 2.45) is 5.41 Å². The van der Waals surface area contributed by atoms with Gasteiger partial charge < -0.3 is 15.1 Å². The van der Waals surface area contributed by atoms with Gasteiger partial charge in [0.2, 0.25) is 5.91 Å². The lowest BCUT2D eigenvalue weighted by Gasteiger charge is -2.38. The number of allylic oxidation sites excluding steroid dienone is 1. The summed E-state index contributed by atoms with van der Waals surface area (Å²) in [5.74, 6) is 0.236. The van der Waals surface area contributed by atoms with E-state index in [4.69, 9.17) is 0 Å². The van der Waals surface area contributed by atoms with Gasteiger partial charge in [0.25, 0.3) is 0 Å². The van der Waals surface area contributed by atoms with Crippen molar-refractivity contribution >= 4 is 11.6 Å². The molecule has 1 spiro atoms. The normalized spacial score (nSPS) is 23.9. The summed E-state index contributed by atoms with van der Waals surface area (Å²) in [5, 5.41) is 3.16. The van der Waals surface area contributed by atoms with E-state index in [9.17, 15) is 4.79 Å². The van der Waals surface area contributed by atoms with Gasteiger partial charge in [-0.1, -0.05) is 18.2 Å². The Hall–Kier alpha value is -2.27. The van der Waals surface area contributed by atoms with Gasteiger partial charge in [-0.2, -0.15) is 0 Å². The van der Waals surface area contributed by atoms with Crippen LogP contribution < -0.4 is 5.32 Å². The second-order valence-corrected chi connectivity index (χ2v) is 8.56. The van der Waals surface area contributed by atoms with Crippen LogP contribution >= 0.6 is 0 Å². The van der Waals surface area contributed by atoms with Crippen LogP contribution in [0.15, 0.2) is 42.2 Å². The highest BCUT2D eigenvalue weighted by Crippen LogP contribution is 2.52. The first-order chi connectivity index (χ1) is 13.1. The number of hydrogen-bond acceptors (Lipinski definition) is 4. The Morgan fingerprint density at radius 3 is 2.70 bits per heavy atom. The van der Waals surface area contributed by atoms with E-state index in [1.807, 2.05) is 0 Å². The van der Waals surface area contributed by atoms with E-state index < -0.39 is 0 Å². The molecule has 5 heteroatoms. The first-order valence-electron chi connectivity index (χ1n) is 10.1. The Balaban J connectivity index is 1.21. The van der Waals surface area contributed by atoms with Gasteiger partial charge in [0.05, 0.1) is 11.1 Å². The number of nitrogens with zero attached hydrogens (tertiary/aromatic N) is 3. The maximum Gasteiger partial charge on any atom is 0.230 e. The minimum atomic E-state index is -0.0683. The number of amides is 1. The summed E-state index contributed by atoms with van der Waals surface area (Å²) in [6.45, 7) is 6.22. The van der Waals surface area contributed by atoms with Crippen LogP contribution in [0, 0.1) is 5.41 Å². The van der Waals surface area contributed by atoms with Crippen LogP contribution in [0.25, 0.3) is 0 Å². The summed E-state index contributed by atoms with van der Waals surface area (Å²) in [6.07, 6.45) is 9.74. The summed E-state index contributed by atoms with van der Waals surface area (Å²) in [7, 11) is 2.12. The zero-order valence-corrected chi connectivity index (χ0v) is 16.1. The number of carbonyl (C=O) groups excluding carboxylic acids is 1. The summed E-state index contributed by atoms with van der Waals surface area (Å²) < 4.78 is 0. The van der Waals surface area contributed by atoms with Crippen molar-refractivity contribution in [2.45, 2.75) is 25.8 Å². The number of fused-ring (bicyclic) bond motifs is 1. The van der Waals surface area contributed by atoms with Crippen LogP contribution in [0.1, 0.15) is 24.0 Å². The molecule has 5 nitrogen and oxygen atoms in total. The molecule has 0 aromatic heterocycles. The lowest BCUT2D eigenvalue weighted by molar-refractivity contribution is -0.121. The Kier molecular flexibility index (Phi) is 4.01. The highest BCUT2D eigenvalue weighted by molar-refractivity contribution is 6.00. The molecule has 1 aromatic carbocycles. The monoisotopic (exact) mass is 364 g/mol. The van der Waals surface area contributed by atoms with Crippen LogP contribution in [0.4, 0.5) is 5.69 Å². The third-order valence-electron chi connectivity index (χ3n) is 6.46. The summed E-state index contributed by atoms with van der Waals surface area (Å²) in [5.41, 5.74) is 4.90. The minimum absolute atomic E-state index is 0.0683. The Morgan fingerprint density at radius 2 is 1.96 bits per heavy atom. The maximum atomic E-state index is 12.3. The molecule has 0 radical (unpaired) electrons. The van der Waals surface area contributed by atoms with Crippen LogP contribution in [-0.2, 0) is 17.8 Å². The van der Waals surface area contributed by atoms with Crippen molar-refractivity contribution in [1.82, 2.24) is 14.7 Å². The van der Waals surface area contributed by atoms with E-state index in [0.29, 0.717) is 0 Å². The van der Waals surface area contributed by atoms with E-state index in [2.05, 4.69) is 63.6 Å². The molecule has 142 valence electrons. The van der Waals surface area contributed by atoms with Crippen molar-refractivity contribution in [3.63, 3.8) is 0 Å². The van der Waals surface area contributed by atoms with Gasteiger partial charge in [-0.15, -0.1) is 0 Å². The molecule has 1 aromatic rings. The van der Waals surface area contributed by atoms with E-state index in [1.165, 1.54) is 16.8 Å². The Bertz CT molecular complexity index is 816. The smallest absolute Gasteiger partial charge is 0.230 e. The SMILES string of the molecule is CN1C=C(N2CCN(Cc3ccc4c(c3)NC(=O)C3(CC3)C4)CC2)C=CC1. The molecule has 0 atom stereocenters. The summed E-state index contributed by atoms with van der Waals surface area (Å²) in [6, 6.07) is 6.67. The molecule has 0 unspecified atom stereocenters. The molecule has 5 rings (SSSR count). The highest BCUT2D eigenvalue weighted by Gasteiger charge is 2.51. The van der Waals surface area contributed by atoms with Gasteiger partial charge in [-0.3, -0.25) is 9.69 Å². The van der Waals surface area contributed by atoms with Gasteiger partial charge >= 0.3 is 0 Å². The molecule has 1 saturated carbocycles. The lowest BCUT2D eigenvalue weighted by atomic mass is 9.90. The van der Waals surface area contributed by atoms with Gasteiger partial charge in [-0.25, -0.2) is 0 Å². The molecular weight excluding hydrogens is 336 g/mol. The number of piperazine rings is 1. The van der Waals surface area contributed by atoms with Crippen LogP contribution in [0.2, 0.25) is 0 Å². The largest absolute Gasteiger partial charge is 0.375 e. The number of hydrogen-bond donors (Lipinski definition) is 1. The molecular formula is C22H28N4O. The summed E-state index contributed by atoms with van der Waals surface area (Å²) >= 11 is 0. The summed E-state index contributed by atoms with van der Waals surface area (Å²) in [4.78, 5) is 19.5. The van der Waals surface area contributed by atoms with Crippen molar-refractivity contribution in [3.8, 4) is 0 Å². The predicted molar refractivity (Wildman–Crippen MR) is 107 cm³/mol. The molecule has 2 fully saturated rings. The third kappa shape index (κ3) is 3.25. The third-order valence-corrected chi connectivity index (χ3v) is 6.46. The first kappa shape index (κ1) is 16.9. The maximum absolute atomic E-state index is 12.3. The zero-order chi connectivity index (χ0) is 18.4. The van der Waals surface area contributed by atoms with Crippen LogP contribution in [-0.4, -0.2) is 60.4 Å². The number of nitrogens with one attached hydrogen (secondary N) is 1. The molecule has 0 bridgehead atoms. The van der Waals surface area contributed by atoms with E-state index in [-0.39, 0.29) is 11.3 Å². The van der Waals surface area contributed by atoms with Crippen molar-refractivity contribution in [2.75, 3.05) is 45.1 Å². The quantitative estimate of drug-likeness (QED) is 0.894. The van der Waals surface area contributed by atoms with Gasteiger partial charge in [0.15, 0.2) is 0 Å². The lowest BCUT2D eigenvalue weighted by Crippen LogP contribution is -2.45. The fraction of sp³-hybridized carbons (Fsp3) is 0.500.